The number of aromatic nitrogens is 4. The summed E-state index contributed by atoms with van der Waals surface area (Å²) in [5.74, 6) is 1.64. The first-order valence-electron chi connectivity index (χ1n) is 9.95. The molecule has 0 N–H and O–H groups in total. The van der Waals surface area contributed by atoms with Gasteiger partial charge < -0.3 is 4.74 Å². The molecule has 8 heteroatoms. The van der Waals surface area contributed by atoms with E-state index in [1.807, 2.05) is 18.2 Å². The van der Waals surface area contributed by atoms with E-state index < -0.39 is 6.61 Å². The number of ether oxygens (including phenoxy) is 1. The molecule has 3 aromatic rings. The van der Waals surface area contributed by atoms with Crippen LogP contribution >= 0.6 is 0 Å². The third kappa shape index (κ3) is 5.06. The number of nitrogens with zero attached hydrogens (tertiary/aromatic N) is 4. The summed E-state index contributed by atoms with van der Waals surface area (Å²) >= 11 is 0. The molecule has 0 saturated heterocycles. The maximum absolute atomic E-state index is 12.2. The zero-order chi connectivity index (χ0) is 20.9. The quantitative estimate of drug-likeness (QED) is 0.590. The Kier molecular flexibility index (Phi) is 6.11. The number of halogens is 2. The van der Waals surface area contributed by atoms with Gasteiger partial charge in [-0.2, -0.15) is 8.78 Å². The third-order valence-corrected chi connectivity index (χ3v) is 5.44. The minimum absolute atomic E-state index is 0.0228. The van der Waals surface area contributed by atoms with Crippen LogP contribution in [0.25, 0.3) is 5.69 Å². The van der Waals surface area contributed by atoms with Gasteiger partial charge in [-0.3, -0.25) is 14.3 Å². The zero-order valence-corrected chi connectivity index (χ0v) is 16.3. The van der Waals surface area contributed by atoms with Crippen molar-refractivity contribution in [1.29, 1.82) is 0 Å². The number of rotatable bonds is 7. The maximum Gasteiger partial charge on any atom is 0.387 e. The van der Waals surface area contributed by atoms with Crippen LogP contribution in [-0.4, -0.2) is 26.1 Å². The SMILES string of the molecule is O=c1ccccn1-c1ccc(C[C@H]2CC[C@H](Cc3ncc(OC(F)F)cn3)C2)nc1. The highest BCUT2D eigenvalue weighted by atomic mass is 19.3. The zero-order valence-electron chi connectivity index (χ0n) is 16.3. The molecular formula is C22H22F2N4O2. The van der Waals surface area contributed by atoms with E-state index in [0.717, 1.165) is 43.5 Å². The van der Waals surface area contributed by atoms with Crippen LogP contribution in [0.1, 0.15) is 30.8 Å². The Balaban J connectivity index is 1.31. The summed E-state index contributed by atoms with van der Waals surface area (Å²) in [7, 11) is 0. The predicted octanol–water partition coefficient (Wildman–Crippen LogP) is 3.83. The Morgan fingerprint density at radius 2 is 1.77 bits per heavy atom. The van der Waals surface area contributed by atoms with Gasteiger partial charge in [0.15, 0.2) is 5.75 Å². The summed E-state index contributed by atoms with van der Waals surface area (Å²) in [4.78, 5) is 24.7. The lowest BCUT2D eigenvalue weighted by molar-refractivity contribution is -0.0503. The van der Waals surface area contributed by atoms with Gasteiger partial charge in [0.1, 0.15) is 5.82 Å². The number of alkyl halides is 2. The molecule has 1 fully saturated rings. The van der Waals surface area contributed by atoms with Crippen molar-refractivity contribution in [3.05, 3.63) is 77.0 Å². The van der Waals surface area contributed by atoms with Crippen LogP contribution in [0.5, 0.6) is 5.75 Å². The molecule has 0 unspecified atom stereocenters. The smallest absolute Gasteiger partial charge is 0.387 e. The van der Waals surface area contributed by atoms with Gasteiger partial charge in [0.2, 0.25) is 0 Å². The first-order valence-corrected chi connectivity index (χ1v) is 9.95. The van der Waals surface area contributed by atoms with Crippen LogP contribution in [0.15, 0.2) is 59.9 Å². The van der Waals surface area contributed by atoms with Gasteiger partial charge in [0.25, 0.3) is 5.56 Å². The van der Waals surface area contributed by atoms with Gasteiger partial charge in [0, 0.05) is 24.4 Å². The van der Waals surface area contributed by atoms with E-state index in [0.29, 0.717) is 17.7 Å². The van der Waals surface area contributed by atoms with E-state index in [1.54, 1.807) is 23.0 Å². The molecule has 4 rings (SSSR count). The normalized spacial score (nSPS) is 18.6. The van der Waals surface area contributed by atoms with Crippen molar-refractivity contribution in [2.45, 2.75) is 38.7 Å². The molecule has 2 atom stereocenters. The van der Waals surface area contributed by atoms with Gasteiger partial charge in [-0.15, -0.1) is 0 Å². The largest absolute Gasteiger partial charge is 0.432 e. The molecule has 30 heavy (non-hydrogen) atoms. The molecule has 0 bridgehead atoms. The summed E-state index contributed by atoms with van der Waals surface area (Å²) in [6.07, 6.45) is 10.9. The fourth-order valence-corrected chi connectivity index (χ4v) is 4.04. The van der Waals surface area contributed by atoms with Gasteiger partial charge in [-0.05, 0) is 55.7 Å². The molecule has 1 aliphatic rings. The molecule has 0 aromatic carbocycles. The number of hydrogen-bond acceptors (Lipinski definition) is 5. The molecule has 0 aliphatic heterocycles. The summed E-state index contributed by atoms with van der Waals surface area (Å²) in [5.41, 5.74) is 1.69. The highest BCUT2D eigenvalue weighted by Gasteiger charge is 2.26. The maximum atomic E-state index is 12.2. The molecule has 0 radical (unpaired) electrons. The van der Waals surface area contributed by atoms with Gasteiger partial charge in [-0.1, -0.05) is 6.07 Å². The molecular weight excluding hydrogens is 390 g/mol. The van der Waals surface area contributed by atoms with E-state index in [1.165, 1.54) is 18.5 Å². The summed E-state index contributed by atoms with van der Waals surface area (Å²) in [6.45, 7) is -2.87. The third-order valence-electron chi connectivity index (χ3n) is 5.44. The molecule has 0 amide bonds. The first kappa shape index (κ1) is 20.1. The van der Waals surface area contributed by atoms with Crippen LogP contribution in [0.4, 0.5) is 8.78 Å². The van der Waals surface area contributed by atoms with Crippen molar-refractivity contribution >= 4 is 0 Å². The molecule has 6 nitrogen and oxygen atoms in total. The van der Waals surface area contributed by atoms with Crippen LogP contribution in [0.2, 0.25) is 0 Å². The minimum atomic E-state index is -2.87. The fraction of sp³-hybridized carbons (Fsp3) is 0.364. The van der Waals surface area contributed by atoms with Crippen LogP contribution in [0, 0.1) is 11.8 Å². The van der Waals surface area contributed by atoms with Crippen molar-refractivity contribution < 1.29 is 13.5 Å². The van der Waals surface area contributed by atoms with E-state index in [2.05, 4.69) is 19.7 Å². The standard InChI is InChI=1S/C22H22F2N4O2/c23-22(24)30-19-13-26-20(27-14-19)11-16-5-4-15(9-16)10-17-6-7-18(12-25-17)28-8-2-1-3-21(28)29/h1-3,6-8,12-16,22H,4-5,9-11H2/t15-,16-/m0/s1. The van der Waals surface area contributed by atoms with Gasteiger partial charge in [-0.25, -0.2) is 9.97 Å². The Morgan fingerprint density at radius 1 is 1.00 bits per heavy atom. The van der Waals surface area contributed by atoms with E-state index in [9.17, 15) is 13.6 Å². The predicted molar refractivity (Wildman–Crippen MR) is 107 cm³/mol. The number of hydrogen-bond donors (Lipinski definition) is 0. The van der Waals surface area contributed by atoms with Gasteiger partial charge >= 0.3 is 6.61 Å². The van der Waals surface area contributed by atoms with E-state index in [4.69, 9.17) is 0 Å². The Bertz CT molecular complexity index is 1020. The van der Waals surface area contributed by atoms with Crippen molar-refractivity contribution in [2.24, 2.45) is 11.8 Å². The highest BCUT2D eigenvalue weighted by molar-refractivity contribution is 5.30. The van der Waals surface area contributed by atoms with Crippen molar-refractivity contribution in [1.82, 2.24) is 19.5 Å². The van der Waals surface area contributed by atoms with Crippen molar-refractivity contribution in [3.63, 3.8) is 0 Å². The fourth-order valence-electron chi connectivity index (χ4n) is 4.04. The van der Waals surface area contributed by atoms with Crippen LogP contribution in [-0.2, 0) is 12.8 Å². The first-order chi connectivity index (χ1) is 14.6. The lowest BCUT2D eigenvalue weighted by atomic mass is 9.97. The van der Waals surface area contributed by atoms with Crippen molar-refractivity contribution in [3.8, 4) is 11.4 Å². The molecule has 156 valence electrons. The number of pyridine rings is 2. The summed E-state index contributed by atoms with van der Waals surface area (Å²) in [5, 5.41) is 0. The van der Waals surface area contributed by atoms with Crippen molar-refractivity contribution in [2.75, 3.05) is 0 Å². The average Bonchev–Trinajstić information content (AvgIpc) is 3.17. The second-order valence-corrected chi connectivity index (χ2v) is 7.58. The minimum Gasteiger partial charge on any atom is -0.432 e. The molecule has 1 aliphatic carbocycles. The van der Waals surface area contributed by atoms with E-state index in [-0.39, 0.29) is 11.3 Å². The van der Waals surface area contributed by atoms with Gasteiger partial charge in [0.05, 0.1) is 24.3 Å². The lowest BCUT2D eigenvalue weighted by Crippen LogP contribution is -2.15. The monoisotopic (exact) mass is 412 g/mol. The van der Waals surface area contributed by atoms with Crippen LogP contribution in [0.3, 0.4) is 0 Å². The topological polar surface area (TPSA) is 69.9 Å². The van der Waals surface area contributed by atoms with E-state index >= 15 is 0 Å². The highest BCUT2D eigenvalue weighted by Crippen LogP contribution is 2.34. The molecule has 1 saturated carbocycles. The lowest BCUT2D eigenvalue weighted by Gasteiger charge is -2.12. The summed E-state index contributed by atoms with van der Waals surface area (Å²) in [6, 6.07) is 8.96. The second-order valence-electron chi connectivity index (χ2n) is 7.58. The second kappa shape index (κ2) is 9.11. The molecule has 3 heterocycles. The average molecular weight is 412 g/mol. The summed E-state index contributed by atoms with van der Waals surface area (Å²) < 4.78 is 30.2. The van der Waals surface area contributed by atoms with Crippen LogP contribution < -0.4 is 10.3 Å². The Hall–Kier alpha value is -3.16. The Morgan fingerprint density at radius 3 is 2.43 bits per heavy atom. The Labute approximate surface area is 172 Å². The molecule has 3 aromatic heterocycles. The molecule has 0 spiro atoms.